The number of rotatable bonds is 8. The molecule has 0 fully saturated rings. The van der Waals surface area contributed by atoms with Crippen LogP contribution in [0.15, 0.2) is 29.2 Å². The number of halogens is 1. The minimum Gasteiger partial charge on any atom is -0.207 e. The Morgan fingerprint density at radius 2 is 1.58 bits per heavy atom. The lowest BCUT2D eigenvalue weighted by molar-refractivity contribution is 0.395. The van der Waals surface area contributed by atoms with Crippen molar-refractivity contribution in [1.82, 2.24) is 4.31 Å². The van der Waals surface area contributed by atoms with Crippen LogP contribution >= 0.6 is 11.6 Å². The van der Waals surface area contributed by atoms with E-state index in [0.717, 1.165) is 25.7 Å². The summed E-state index contributed by atoms with van der Waals surface area (Å²) in [6, 6.07) is 6.63. The largest absolute Gasteiger partial charge is 0.244 e. The average molecular weight is 304 g/mol. The Hall–Kier alpha value is -0.580. The smallest absolute Gasteiger partial charge is 0.207 e. The normalized spacial score (nSPS) is 12.0. The van der Waals surface area contributed by atoms with Gasteiger partial charge in [0.1, 0.15) is 4.90 Å². The SMILES string of the molecule is CCCCN(CCCC)S(=O)(=O)c1ccccc1Cl. The van der Waals surface area contributed by atoms with Gasteiger partial charge in [0.15, 0.2) is 0 Å². The van der Waals surface area contributed by atoms with Crippen molar-refractivity contribution in [1.29, 1.82) is 0 Å². The van der Waals surface area contributed by atoms with E-state index in [1.165, 1.54) is 0 Å². The van der Waals surface area contributed by atoms with Crippen molar-refractivity contribution in [2.24, 2.45) is 0 Å². The highest BCUT2D eigenvalue weighted by Crippen LogP contribution is 2.24. The van der Waals surface area contributed by atoms with E-state index < -0.39 is 10.0 Å². The molecule has 0 atom stereocenters. The predicted octanol–water partition coefficient (Wildman–Crippen LogP) is 3.93. The number of unbranched alkanes of at least 4 members (excludes halogenated alkanes) is 2. The topological polar surface area (TPSA) is 37.4 Å². The van der Waals surface area contributed by atoms with E-state index in [2.05, 4.69) is 13.8 Å². The molecule has 1 rings (SSSR count). The van der Waals surface area contributed by atoms with Gasteiger partial charge in [-0.2, -0.15) is 4.31 Å². The van der Waals surface area contributed by atoms with Crippen LogP contribution in [0.3, 0.4) is 0 Å². The second-order valence-electron chi connectivity index (χ2n) is 4.54. The molecule has 0 bridgehead atoms. The Labute approximate surface area is 121 Å². The van der Waals surface area contributed by atoms with Crippen LogP contribution in [0.4, 0.5) is 0 Å². The third-order valence-electron chi connectivity index (χ3n) is 2.98. The summed E-state index contributed by atoms with van der Waals surface area (Å²) in [6.07, 6.45) is 3.68. The van der Waals surface area contributed by atoms with Gasteiger partial charge < -0.3 is 0 Å². The fourth-order valence-corrected chi connectivity index (χ4v) is 3.82. The van der Waals surface area contributed by atoms with Gasteiger partial charge in [0.25, 0.3) is 0 Å². The lowest BCUT2D eigenvalue weighted by Crippen LogP contribution is -2.33. The second-order valence-corrected chi connectivity index (χ2v) is 6.86. The van der Waals surface area contributed by atoms with Crippen LogP contribution < -0.4 is 0 Å². The summed E-state index contributed by atoms with van der Waals surface area (Å²) in [5.74, 6) is 0. The number of sulfonamides is 1. The minimum absolute atomic E-state index is 0.212. The molecule has 0 unspecified atom stereocenters. The quantitative estimate of drug-likeness (QED) is 0.729. The van der Waals surface area contributed by atoms with Gasteiger partial charge in [0.2, 0.25) is 10.0 Å². The van der Waals surface area contributed by atoms with Crippen molar-refractivity contribution in [3.8, 4) is 0 Å². The van der Waals surface area contributed by atoms with E-state index in [4.69, 9.17) is 11.6 Å². The van der Waals surface area contributed by atoms with Crippen LogP contribution in [-0.2, 0) is 10.0 Å². The fourth-order valence-electron chi connectivity index (χ4n) is 1.81. The van der Waals surface area contributed by atoms with Crippen LogP contribution in [0, 0.1) is 0 Å². The van der Waals surface area contributed by atoms with E-state index in [0.29, 0.717) is 18.1 Å². The molecular weight excluding hydrogens is 282 g/mol. The van der Waals surface area contributed by atoms with Gasteiger partial charge in [-0.05, 0) is 25.0 Å². The number of hydrogen-bond donors (Lipinski definition) is 0. The Balaban J connectivity index is 3.01. The molecular formula is C14H22ClNO2S. The van der Waals surface area contributed by atoms with E-state index in [-0.39, 0.29) is 4.90 Å². The van der Waals surface area contributed by atoms with Crippen molar-refractivity contribution in [2.75, 3.05) is 13.1 Å². The molecule has 0 aliphatic carbocycles. The zero-order valence-corrected chi connectivity index (χ0v) is 13.2. The lowest BCUT2D eigenvalue weighted by atomic mass is 10.3. The second kappa shape index (κ2) is 7.88. The number of hydrogen-bond acceptors (Lipinski definition) is 2. The Morgan fingerprint density at radius 3 is 2.05 bits per heavy atom. The first kappa shape index (κ1) is 16.5. The van der Waals surface area contributed by atoms with Gasteiger partial charge in [-0.15, -0.1) is 0 Å². The van der Waals surface area contributed by atoms with Crippen LogP contribution in [0.5, 0.6) is 0 Å². The van der Waals surface area contributed by atoms with Gasteiger partial charge in [-0.1, -0.05) is 50.4 Å². The molecule has 5 heteroatoms. The molecule has 0 aromatic heterocycles. The predicted molar refractivity (Wildman–Crippen MR) is 80.0 cm³/mol. The summed E-state index contributed by atoms with van der Waals surface area (Å²) in [6.45, 7) is 5.23. The maximum atomic E-state index is 12.6. The molecule has 0 amide bonds. The van der Waals surface area contributed by atoms with E-state index in [1.54, 1.807) is 28.6 Å². The summed E-state index contributed by atoms with van der Waals surface area (Å²) in [5.41, 5.74) is 0. The zero-order chi connectivity index (χ0) is 14.3. The van der Waals surface area contributed by atoms with Crippen molar-refractivity contribution < 1.29 is 8.42 Å². The fraction of sp³-hybridized carbons (Fsp3) is 0.571. The Bertz CT molecular complexity index is 480. The Morgan fingerprint density at radius 1 is 1.05 bits per heavy atom. The lowest BCUT2D eigenvalue weighted by Gasteiger charge is -2.22. The van der Waals surface area contributed by atoms with Gasteiger partial charge in [0.05, 0.1) is 5.02 Å². The van der Waals surface area contributed by atoms with Crippen LogP contribution in [0.1, 0.15) is 39.5 Å². The maximum Gasteiger partial charge on any atom is 0.244 e. The highest BCUT2D eigenvalue weighted by molar-refractivity contribution is 7.89. The standard InChI is InChI=1S/C14H22ClNO2S/c1-3-5-11-16(12-6-4-2)19(17,18)14-10-8-7-9-13(14)15/h7-10H,3-6,11-12H2,1-2H3. The third kappa shape index (κ3) is 4.48. The number of nitrogens with zero attached hydrogens (tertiary/aromatic N) is 1. The molecule has 0 spiro atoms. The highest BCUT2D eigenvalue weighted by atomic mass is 35.5. The number of benzene rings is 1. The van der Waals surface area contributed by atoms with Crippen molar-refractivity contribution in [3.63, 3.8) is 0 Å². The molecule has 0 saturated carbocycles. The van der Waals surface area contributed by atoms with Gasteiger partial charge >= 0.3 is 0 Å². The van der Waals surface area contributed by atoms with Gasteiger partial charge in [0, 0.05) is 13.1 Å². The summed E-state index contributed by atoms with van der Waals surface area (Å²) in [4.78, 5) is 0.212. The van der Waals surface area contributed by atoms with Crippen molar-refractivity contribution in [2.45, 2.75) is 44.4 Å². The average Bonchev–Trinajstić information content (AvgIpc) is 2.39. The van der Waals surface area contributed by atoms with Crippen LogP contribution in [-0.4, -0.2) is 25.8 Å². The monoisotopic (exact) mass is 303 g/mol. The molecule has 19 heavy (non-hydrogen) atoms. The molecule has 0 aliphatic rings. The summed E-state index contributed by atoms with van der Waals surface area (Å²) in [5, 5.41) is 0.292. The first-order chi connectivity index (χ1) is 9.04. The van der Waals surface area contributed by atoms with Crippen LogP contribution in [0.2, 0.25) is 5.02 Å². The van der Waals surface area contributed by atoms with Gasteiger partial charge in [-0.3, -0.25) is 0 Å². The maximum absolute atomic E-state index is 12.6. The molecule has 0 heterocycles. The van der Waals surface area contributed by atoms with Crippen molar-refractivity contribution in [3.05, 3.63) is 29.3 Å². The van der Waals surface area contributed by atoms with Gasteiger partial charge in [-0.25, -0.2) is 8.42 Å². The van der Waals surface area contributed by atoms with E-state index in [1.807, 2.05) is 0 Å². The first-order valence-corrected chi connectivity index (χ1v) is 8.60. The highest BCUT2D eigenvalue weighted by Gasteiger charge is 2.25. The molecule has 0 aliphatic heterocycles. The van der Waals surface area contributed by atoms with Crippen molar-refractivity contribution >= 4 is 21.6 Å². The first-order valence-electron chi connectivity index (χ1n) is 6.78. The summed E-state index contributed by atoms with van der Waals surface area (Å²) >= 11 is 6.02. The minimum atomic E-state index is -3.47. The zero-order valence-electron chi connectivity index (χ0n) is 11.6. The van der Waals surface area contributed by atoms with Crippen LogP contribution in [0.25, 0.3) is 0 Å². The summed E-state index contributed by atoms with van der Waals surface area (Å²) in [7, 11) is -3.47. The molecule has 0 N–H and O–H groups in total. The molecule has 0 radical (unpaired) electrons. The third-order valence-corrected chi connectivity index (χ3v) is 5.38. The molecule has 3 nitrogen and oxygen atoms in total. The molecule has 1 aromatic carbocycles. The molecule has 0 saturated heterocycles. The van der Waals surface area contributed by atoms with E-state index >= 15 is 0 Å². The molecule has 108 valence electrons. The molecule has 1 aromatic rings. The summed E-state index contributed by atoms with van der Waals surface area (Å²) < 4.78 is 26.8. The Kier molecular flexibility index (Phi) is 6.83. The van der Waals surface area contributed by atoms with E-state index in [9.17, 15) is 8.42 Å².